The molecule has 0 radical (unpaired) electrons. The van der Waals surface area contributed by atoms with Crippen molar-refractivity contribution in [3.8, 4) is 79.1 Å². The highest BCUT2D eigenvalue weighted by atomic mass is 19.4. The molecule has 0 fully saturated rings. The third-order valence-electron chi connectivity index (χ3n) is 16.8. The van der Waals surface area contributed by atoms with E-state index in [1.165, 1.54) is 6.07 Å². The van der Waals surface area contributed by atoms with Crippen LogP contribution in [0.2, 0.25) is 0 Å². The van der Waals surface area contributed by atoms with E-state index in [4.69, 9.17) is 0 Å². The Morgan fingerprint density at radius 1 is 0.225 bits per heavy atom. The highest BCUT2D eigenvalue weighted by molar-refractivity contribution is 6.14. The fraction of sp³-hybridized carbons (Fsp3) is 0.127. The second kappa shape index (κ2) is 23.8. The van der Waals surface area contributed by atoms with Gasteiger partial charge in [0.05, 0.1) is 107 Å². The number of rotatable bonds is 7. The van der Waals surface area contributed by atoms with Crippen molar-refractivity contribution >= 4 is 43.6 Å². The lowest BCUT2D eigenvalue weighted by Gasteiger charge is -2.24. The Morgan fingerprint density at radius 3 is 0.686 bits per heavy atom. The summed E-state index contributed by atoms with van der Waals surface area (Å²) in [6.07, 6.45) is -50.0. The molecule has 0 saturated heterocycles. The van der Waals surface area contributed by atoms with Crippen molar-refractivity contribution < 1.29 is 119 Å². The summed E-state index contributed by atoms with van der Waals surface area (Å²) in [7, 11) is 0. The van der Waals surface area contributed by atoms with Crippen LogP contribution in [0.5, 0.6) is 0 Å². The number of benzene rings is 10. The van der Waals surface area contributed by atoms with E-state index in [-0.39, 0.29) is 76.1 Å². The number of aromatic nitrogens is 2. The maximum Gasteiger partial charge on any atom is 0.417 e. The average Bonchev–Trinajstić information content (AvgIpc) is 1.53. The standard InChI is InChI=1S/C71H29F27N4/c72-63(73,74)38-6-15-42(52(26-38)68(87,88)89)34-2-11-46-47-12-3-35(43-16-7-39(64(75,76)77)27-53(43)69(90,91)92)23-57(47)101(56(46)22-34)60-20-33(31-100)21-61(62(60)50-10-1-32(30-99)19-51(50)67(84,85)86)102-58-24-36(44-17-8-40(65(78,79)80)28-54(44)70(93,94)95)4-13-48(58)49-14-5-37(25-59(49)102)45-18-9-41(66(81,82)83)29-55(45)71(96,97)98/h1-29H. The summed E-state index contributed by atoms with van der Waals surface area (Å²) in [5.74, 6) is 0. The van der Waals surface area contributed by atoms with Gasteiger partial charge in [-0.25, -0.2) is 0 Å². The zero-order valence-corrected chi connectivity index (χ0v) is 49.7. The Hall–Kier alpha value is -11.1. The van der Waals surface area contributed by atoms with Crippen molar-refractivity contribution in [3.05, 3.63) is 237 Å². The van der Waals surface area contributed by atoms with Crippen molar-refractivity contribution in [2.45, 2.75) is 55.6 Å². The number of halogens is 27. The minimum Gasteiger partial charge on any atom is -0.308 e. The molecule has 12 aromatic rings. The van der Waals surface area contributed by atoms with Crippen LogP contribution in [-0.2, 0) is 55.6 Å². The topological polar surface area (TPSA) is 57.4 Å². The summed E-state index contributed by atoms with van der Waals surface area (Å²) >= 11 is 0. The number of hydrogen-bond donors (Lipinski definition) is 0. The Labute approximate surface area is 552 Å². The Bertz CT molecular complexity index is 4970. The lowest BCUT2D eigenvalue weighted by atomic mass is 9.92. The van der Waals surface area contributed by atoms with E-state index >= 15 is 65.9 Å². The predicted molar refractivity (Wildman–Crippen MR) is 317 cm³/mol. The first kappa shape index (κ1) is 70.7. The SMILES string of the molecule is N#Cc1cc(-n2c3cc(-c4ccc(C(F)(F)F)cc4C(F)(F)F)ccc3c3ccc(-c4ccc(C(F)(F)F)cc4C(F)(F)F)cc32)c(-c2ccc(C#N)cc2C(F)(F)F)c(-n2c3cc(-c4ccc(C(F)(F)F)cc4C(F)(F)F)ccc3c3ccc(-c4ccc(C(F)(F)F)cc4C(F)(F)F)cc32)c1. The average molecular weight is 1450 g/mol. The van der Waals surface area contributed by atoms with Crippen LogP contribution in [0.15, 0.2) is 176 Å². The Morgan fingerprint density at radius 2 is 0.461 bits per heavy atom. The van der Waals surface area contributed by atoms with Gasteiger partial charge in [-0.1, -0.05) is 78.9 Å². The van der Waals surface area contributed by atoms with Gasteiger partial charge in [0.15, 0.2) is 0 Å². The van der Waals surface area contributed by atoms with Crippen molar-refractivity contribution in [2.75, 3.05) is 0 Å². The second-order valence-electron chi connectivity index (χ2n) is 23.0. The molecule has 4 nitrogen and oxygen atoms in total. The summed E-state index contributed by atoms with van der Waals surface area (Å²) in [4.78, 5) is 0. The molecule has 2 aromatic heterocycles. The summed E-state index contributed by atoms with van der Waals surface area (Å²) in [6, 6.07) is 18.3. The predicted octanol–water partition coefficient (Wildman–Crippen LogP) is 25.1. The summed E-state index contributed by atoms with van der Waals surface area (Å²) in [5, 5.41) is 20.1. The summed E-state index contributed by atoms with van der Waals surface area (Å²) < 4.78 is 401. The van der Waals surface area contributed by atoms with E-state index in [0.717, 1.165) is 100 Å². The quantitative estimate of drug-likeness (QED) is 0.149. The molecule has 0 spiro atoms. The molecule has 0 amide bonds. The van der Waals surface area contributed by atoms with Crippen LogP contribution >= 0.6 is 0 Å². The molecule has 31 heteroatoms. The molecule has 2 heterocycles. The van der Waals surface area contributed by atoms with Gasteiger partial charge in [-0.2, -0.15) is 129 Å². The van der Waals surface area contributed by atoms with Crippen LogP contribution in [0.25, 0.3) is 111 Å². The third-order valence-corrected chi connectivity index (χ3v) is 16.8. The van der Waals surface area contributed by atoms with Gasteiger partial charge in [0.2, 0.25) is 0 Å². The minimum atomic E-state index is -5.70. The van der Waals surface area contributed by atoms with Crippen LogP contribution in [0.3, 0.4) is 0 Å². The lowest BCUT2D eigenvalue weighted by molar-refractivity contribution is -0.144. The molecule has 12 rings (SSSR count). The van der Waals surface area contributed by atoms with Crippen LogP contribution in [0, 0.1) is 22.7 Å². The minimum absolute atomic E-state index is 0.231. The molecule has 0 aliphatic rings. The second-order valence-corrected chi connectivity index (χ2v) is 23.0. The number of fused-ring (bicyclic) bond motifs is 6. The summed E-state index contributed by atoms with van der Waals surface area (Å²) in [5.41, 5.74) is -31.8. The van der Waals surface area contributed by atoms with E-state index in [9.17, 15) is 63.2 Å². The molecule has 0 unspecified atom stereocenters. The molecule has 522 valence electrons. The first-order valence-electron chi connectivity index (χ1n) is 28.7. The number of hydrogen-bond acceptors (Lipinski definition) is 2. The number of nitriles is 2. The van der Waals surface area contributed by atoms with Crippen LogP contribution in [-0.4, -0.2) is 9.13 Å². The van der Waals surface area contributed by atoms with Gasteiger partial charge in [-0.15, -0.1) is 0 Å². The fourth-order valence-corrected chi connectivity index (χ4v) is 12.4. The molecule has 10 aromatic carbocycles. The van der Waals surface area contributed by atoms with Crippen molar-refractivity contribution in [3.63, 3.8) is 0 Å². The Balaban J connectivity index is 1.31. The maximum atomic E-state index is 16.2. The smallest absolute Gasteiger partial charge is 0.308 e. The molecule has 0 aliphatic carbocycles. The van der Waals surface area contributed by atoms with Crippen LogP contribution < -0.4 is 0 Å². The van der Waals surface area contributed by atoms with E-state index in [0.29, 0.717) is 30.3 Å². The van der Waals surface area contributed by atoms with E-state index in [1.54, 1.807) is 6.07 Å². The molecule has 0 N–H and O–H groups in total. The zero-order valence-electron chi connectivity index (χ0n) is 49.7. The molecule has 0 bridgehead atoms. The highest BCUT2D eigenvalue weighted by Gasteiger charge is 2.44. The van der Waals surface area contributed by atoms with Crippen LogP contribution in [0.1, 0.15) is 61.2 Å². The zero-order chi connectivity index (χ0) is 74.5. The Kier molecular flexibility index (Phi) is 16.5. The van der Waals surface area contributed by atoms with Gasteiger partial charge in [0.25, 0.3) is 0 Å². The molecule has 0 saturated carbocycles. The number of alkyl halides is 27. The van der Waals surface area contributed by atoms with Crippen molar-refractivity contribution in [1.29, 1.82) is 10.5 Å². The highest BCUT2D eigenvalue weighted by Crippen LogP contribution is 2.52. The largest absolute Gasteiger partial charge is 0.417 e. The molecular weight excluding hydrogens is 1420 g/mol. The van der Waals surface area contributed by atoms with E-state index in [2.05, 4.69) is 0 Å². The van der Waals surface area contributed by atoms with Gasteiger partial charge in [-0.05, 0) is 147 Å². The van der Waals surface area contributed by atoms with Gasteiger partial charge in [0, 0.05) is 27.1 Å². The monoisotopic (exact) mass is 1450 g/mol. The molecule has 0 atom stereocenters. The molecule has 102 heavy (non-hydrogen) atoms. The maximum absolute atomic E-state index is 16.2. The normalized spacial score (nSPS) is 13.2. The van der Waals surface area contributed by atoms with Gasteiger partial charge >= 0.3 is 55.6 Å². The first-order valence-corrected chi connectivity index (χ1v) is 28.7. The van der Waals surface area contributed by atoms with Gasteiger partial charge in [0.1, 0.15) is 0 Å². The van der Waals surface area contributed by atoms with Crippen molar-refractivity contribution in [2.24, 2.45) is 0 Å². The van der Waals surface area contributed by atoms with Gasteiger partial charge in [-0.3, -0.25) is 0 Å². The molecule has 0 aliphatic heterocycles. The van der Waals surface area contributed by atoms with Crippen molar-refractivity contribution in [1.82, 2.24) is 9.13 Å². The lowest BCUT2D eigenvalue weighted by Crippen LogP contribution is -2.12. The van der Waals surface area contributed by atoms with Crippen LogP contribution in [0.4, 0.5) is 119 Å². The fourth-order valence-electron chi connectivity index (χ4n) is 12.4. The van der Waals surface area contributed by atoms with E-state index in [1.807, 2.05) is 0 Å². The molecular formula is C71H29F27N4. The summed E-state index contributed by atoms with van der Waals surface area (Å²) in [6.45, 7) is 0. The third kappa shape index (κ3) is 12.8. The van der Waals surface area contributed by atoms with Gasteiger partial charge < -0.3 is 9.13 Å². The number of nitrogens with zero attached hydrogens (tertiary/aromatic N) is 4. The first-order chi connectivity index (χ1) is 47.2. The van der Waals surface area contributed by atoms with E-state index < -0.39 is 206 Å².